The van der Waals surface area contributed by atoms with Crippen LogP contribution >= 0.6 is 0 Å². The smallest absolute Gasteiger partial charge is 0.0685 e. The summed E-state index contributed by atoms with van der Waals surface area (Å²) in [5.74, 6) is 0.817. The van der Waals surface area contributed by atoms with Gasteiger partial charge in [0.2, 0.25) is 0 Å². The van der Waals surface area contributed by atoms with Gasteiger partial charge in [-0.25, -0.2) is 5.48 Å². The first-order valence-corrected chi connectivity index (χ1v) is 5.01. The summed E-state index contributed by atoms with van der Waals surface area (Å²) in [6.45, 7) is 8.88. The summed E-state index contributed by atoms with van der Waals surface area (Å²) in [5.41, 5.74) is 3.45. The fourth-order valence-electron chi connectivity index (χ4n) is 1.79. The van der Waals surface area contributed by atoms with Gasteiger partial charge in [0.05, 0.1) is 6.61 Å². The highest BCUT2D eigenvalue weighted by Gasteiger charge is 2.27. The SMILES string of the molecule is CCC(C)(C)C1CCNOCC1. The van der Waals surface area contributed by atoms with E-state index in [4.69, 9.17) is 4.84 Å². The first-order chi connectivity index (χ1) is 5.67. The molecule has 1 heterocycles. The molecule has 1 unspecified atom stereocenters. The second-order valence-corrected chi connectivity index (χ2v) is 4.36. The molecule has 1 fully saturated rings. The van der Waals surface area contributed by atoms with Crippen molar-refractivity contribution in [3.63, 3.8) is 0 Å². The maximum absolute atomic E-state index is 5.21. The molecular weight excluding hydrogens is 150 g/mol. The third-order valence-corrected chi connectivity index (χ3v) is 3.28. The largest absolute Gasteiger partial charge is 0.302 e. The lowest BCUT2D eigenvalue weighted by molar-refractivity contribution is 0.0481. The van der Waals surface area contributed by atoms with Crippen molar-refractivity contribution >= 4 is 0 Å². The lowest BCUT2D eigenvalue weighted by atomic mass is 9.73. The highest BCUT2D eigenvalue weighted by molar-refractivity contribution is 4.78. The van der Waals surface area contributed by atoms with Gasteiger partial charge in [-0.15, -0.1) is 0 Å². The van der Waals surface area contributed by atoms with E-state index in [1.807, 2.05) is 0 Å². The van der Waals surface area contributed by atoms with Crippen molar-refractivity contribution in [3.05, 3.63) is 0 Å². The monoisotopic (exact) mass is 171 g/mol. The molecule has 1 saturated heterocycles. The second kappa shape index (κ2) is 4.24. The van der Waals surface area contributed by atoms with Crippen LogP contribution in [0.15, 0.2) is 0 Å². The van der Waals surface area contributed by atoms with Crippen molar-refractivity contribution < 1.29 is 4.84 Å². The Morgan fingerprint density at radius 2 is 2.17 bits per heavy atom. The van der Waals surface area contributed by atoms with Crippen molar-refractivity contribution in [2.45, 2.75) is 40.0 Å². The Bertz CT molecular complexity index is 126. The lowest BCUT2D eigenvalue weighted by Crippen LogP contribution is -2.24. The van der Waals surface area contributed by atoms with Crippen LogP contribution in [-0.4, -0.2) is 13.2 Å². The average molecular weight is 171 g/mol. The molecule has 0 aromatic rings. The standard InChI is InChI=1S/C10H21NO/c1-4-10(2,3)9-5-7-11-12-8-6-9/h9,11H,4-8H2,1-3H3. The molecule has 0 bridgehead atoms. The quantitative estimate of drug-likeness (QED) is 0.688. The molecule has 0 amide bonds. The minimum absolute atomic E-state index is 0.482. The first kappa shape index (κ1) is 10.0. The average Bonchev–Trinajstić information content (AvgIpc) is 2.32. The fourth-order valence-corrected chi connectivity index (χ4v) is 1.79. The van der Waals surface area contributed by atoms with Gasteiger partial charge in [-0.1, -0.05) is 27.2 Å². The van der Waals surface area contributed by atoms with Crippen LogP contribution < -0.4 is 5.48 Å². The molecule has 0 aromatic carbocycles. The van der Waals surface area contributed by atoms with E-state index >= 15 is 0 Å². The van der Waals surface area contributed by atoms with Crippen molar-refractivity contribution in [2.24, 2.45) is 11.3 Å². The van der Waals surface area contributed by atoms with Crippen LogP contribution in [0.4, 0.5) is 0 Å². The van der Waals surface area contributed by atoms with Crippen LogP contribution in [-0.2, 0) is 4.84 Å². The van der Waals surface area contributed by atoms with Crippen molar-refractivity contribution in [1.82, 2.24) is 5.48 Å². The van der Waals surface area contributed by atoms with Crippen LogP contribution in [0.3, 0.4) is 0 Å². The van der Waals surface area contributed by atoms with E-state index in [0.717, 1.165) is 19.1 Å². The number of hydroxylamine groups is 1. The predicted octanol–water partition coefficient (Wildman–Crippen LogP) is 2.35. The Balaban J connectivity index is 2.47. The van der Waals surface area contributed by atoms with E-state index in [0.29, 0.717) is 5.41 Å². The van der Waals surface area contributed by atoms with E-state index in [9.17, 15) is 0 Å². The molecule has 1 N–H and O–H groups in total. The number of hydrogen-bond acceptors (Lipinski definition) is 2. The molecule has 2 nitrogen and oxygen atoms in total. The van der Waals surface area contributed by atoms with Gasteiger partial charge in [0.1, 0.15) is 0 Å². The van der Waals surface area contributed by atoms with E-state index in [2.05, 4.69) is 26.3 Å². The molecule has 0 spiro atoms. The summed E-state index contributed by atoms with van der Waals surface area (Å²) >= 11 is 0. The minimum Gasteiger partial charge on any atom is -0.302 e. The zero-order valence-corrected chi connectivity index (χ0v) is 8.52. The van der Waals surface area contributed by atoms with Gasteiger partial charge in [0.25, 0.3) is 0 Å². The highest BCUT2D eigenvalue weighted by atomic mass is 16.6. The van der Waals surface area contributed by atoms with E-state index < -0.39 is 0 Å². The summed E-state index contributed by atoms with van der Waals surface area (Å²) in [6.07, 6.45) is 3.71. The molecular formula is C10H21NO. The molecule has 0 aromatic heterocycles. The fraction of sp³-hybridized carbons (Fsp3) is 1.00. The predicted molar refractivity (Wildman–Crippen MR) is 50.8 cm³/mol. The van der Waals surface area contributed by atoms with Crippen LogP contribution in [0.1, 0.15) is 40.0 Å². The molecule has 0 aliphatic carbocycles. The molecule has 1 rings (SSSR count). The Hall–Kier alpha value is -0.0800. The van der Waals surface area contributed by atoms with Gasteiger partial charge in [-0.3, -0.25) is 0 Å². The summed E-state index contributed by atoms with van der Waals surface area (Å²) in [6, 6.07) is 0. The van der Waals surface area contributed by atoms with E-state index in [1.165, 1.54) is 19.3 Å². The molecule has 2 heteroatoms. The molecule has 0 radical (unpaired) electrons. The third kappa shape index (κ3) is 2.46. The zero-order valence-electron chi connectivity index (χ0n) is 8.52. The Kier molecular flexibility index (Phi) is 3.53. The normalized spacial score (nSPS) is 26.8. The highest BCUT2D eigenvalue weighted by Crippen LogP contribution is 2.35. The maximum Gasteiger partial charge on any atom is 0.0685 e. The number of nitrogens with one attached hydrogen (secondary N) is 1. The lowest BCUT2D eigenvalue weighted by Gasteiger charge is -2.32. The van der Waals surface area contributed by atoms with Crippen molar-refractivity contribution in [3.8, 4) is 0 Å². The zero-order chi connectivity index (χ0) is 9.03. The Morgan fingerprint density at radius 3 is 2.83 bits per heavy atom. The van der Waals surface area contributed by atoms with Crippen molar-refractivity contribution in [1.29, 1.82) is 0 Å². The number of hydrogen-bond donors (Lipinski definition) is 1. The summed E-state index contributed by atoms with van der Waals surface area (Å²) in [4.78, 5) is 5.21. The summed E-state index contributed by atoms with van der Waals surface area (Å²) in [7, 11) is 0. The molecule has 1 aliphatic heterocycles. The first-order valence-electron chi connectivity index (χ1n) is 5.01. The minimum atomic E-state index is 0.482. The van der Waals surface area contributed by atoms with Gasteiger partial charge in [0.15, 0.2) is 0 Å². The van der Waals surface area contributed by atoms with E-state index in [1.54, 1.807) is 0 Å². The molecule has 12 heavy (non-hydrogen) atoms. The third-order valence-electron chi connectivity index (χ3n) is 3.28. The van der Waals surface area contributed by atoms with Gasteiger partial charge in [-0.2, -0.15) is 0 Å². The topological polar surface area (TPSA) is 21.3 Å². The van der Waals surface area contributed by atoms with Gasteiger partial charge >= 0.3 is 0 Å². The molecule has 0 saturated carbocycles. The maximum atomic E-state index is 5.21. The van der Waals surface area contributed by atoms with Gasteiger partial charge in [-0.05, 0) is 24.2 Å². The van der Waals surface area contributed by atoms with Crippen LogP contribution in [0.5, 0.6) is 0 Å². The molecule has 1 atom stereocenters. The van der Waals surface area contributed by atoms with Crippen LogP contribution in [0.25, 0.3) is 0 Å². The Labute approximate surface area is 75.6 Å². The molecule has 1 aliphatic rings. The van der Waals surface area contributed by atoms with E-state index in [-0.39, 0.29) is 0 Å². The van der Waals surface area contributed by atoms with Gasteiger partial charge in [0, 0.05) is 6.54 Å². The molecule has 72 valence electrons. The van der Waals surface area contributed by atoms with Crippen LogP contribution in [0.2, 0.25) is 0 Å². The van der Waals surface area contributed by atoms with Crippen LogP contribution in [0, 0.1) is 11.3 Å². The Morgan fingerprint density at radius 1 is 1.42 bits per heavy atom. The van der Waals surface area contributed by atoms with Crippen molar-refractivity contribution in [2.75, 3.05) is 13.2 Å². The summed E-state index contributed by atoms with van der Waals surface area (Å²) in [5, 5.41) is 0. The van der Waals surface area contributed by atoms with Gasteiger partial charge < -0.3 is 4.84 Å². The number of rotatable bonds is 2. The summed E-state index contributed by atoms with van der Waals surface area (Å²) < 4.78 is 0. The second-order valence-electron chi connectivity index (χ2n) is 4.36.